The normalized spacial score (nSPS) is 10.8. The van der Waals surface area contributed by atoms with Crippen molar-refractivity contribution in [2.24, 2.45) is 0 Å². The molecule has 2 aromatic heterocycles. The lowest BCUT2D eigenvalue weighted by molar-refractivity contribution is -0.113. The summed E-state index contributed by atoms with van der Waals surface area (Å²) in [5.41, 5.74) is 3.98. The van der Waals surface area contributed by atoms with Gasteiger partial charge in [-0.2, -0.15) is 0 Å². The lowest BCUT2D eigenvalue weighted by Gasteiger charge is -2.09. The number of carbonyl (C=O) groups excluding carboxylic acids is 1. The van der Waals surface area contributed by atoms with E-state index in [1.165, 1.54) is 28.7 Å². The third-order valence-corrected chi connectivity index (χ3v) is 6.24. The molecule has 1 amide bonds. The van der Waals surface area contributed by atoms with E-state index in [2.05, 4.69) is 20.5 Å². The van der Waals surface area contributed by atoms with Gasteiger partial charge >= 0.3 is 0 Å². The molecule has 9 heteroatoms. The van der Waals surface area contributed by atoms with E-state index in [9.17, 15) is 4.79 Å². The largest absolute Gasteiger partial charge is 0.497 e. The molecule has 0 aliphatic heterocycles. The fourth-order valence-electron chi connectivity index (χ4n) is 2.94. The predicted octanol–water partition coefficient (Wildman–Crippen LogP) is 4.75. The van der Waals surface area contributed by atoms with Gasteiger partial charge in [0.05, 0.1) is 18.6 Å². The van der Waals surface area contributed by atoms with Gasteiger partial charge in [-0.05, 0) is 38.1 Å². The van der Waals surface area contributed by atoms with Crippen LogP contribution in [0.3, 0.4) is 0 Å². The molecular formula is C22H21N5O2S2. The summed E-state index contributed by atoms with van der Waals surface area (Å²) < 4.78 is 7.13. The van der Waals surface area contributed by atoms with Crippen LogP contribution >= 0.6 is 23.1 Å². The van der Waals surface area contributed by atoms with E-state index < -0.39 is 0 Å². The number of amides is 1. The van der Waals surface area contributed by atoms with Crippen molar-refractivity contribution in [3.8, 4) is 22.7 Å². The van der Waals surface area contributed by atoms with Crippen LogP contribution in [-0.4, -0.2) is 38.5 Å². The topological polar surface area (TPSA) is 81.9 Å². The summed E-state index contributed by atoms with van der Waals surface area (Å²) in [5, 5.41) is 14.4. The molecule has 158 valence electrons. The van der Waals surface area contributed by atoms with Crippen LogP contribution in [0, 0.1) is 13.8 Å². The molecule has 0 unspecified atom stereocenters. The zero-order valence-electron chi connectivity index (χ0n) is 17.3. The van der Waals surface area contributed by atoms with Crippen molar-refractivity contribution in [1.82, 2.24) is 19.7 Å². The minimum Gasteiger partial charge on any atom is -0.497 e. The Hall–Kier alpha value is -3.17. The number of thioether (sulfide) groups is 1. The number of anilines is 1. The van der Waals surface area contributed by atoms with Crippen molar-refractivity contribution in [3.05, 3.63) is 65.3 Å². The highest BCUT2D eigenvalue weighted by Gasteiger charge is 2.14. The molecule has 0 aliphatic rings. The molecule has 4 aromatic rings. The quantitative estimate of drug-likeness (QED) is 0.409. The third kappa shape index (κ3) is 4.95. The van der Waals surface area contributed by atoms with Crippen LogP contribution in [0.4, 0.5) is 5.13 Å². The van der Waals surface area contributed by atoms with Crippen LogP contribution in [0.1, 0.15) is 11.4 Å². The fourth-order valence-corrected chi connectivity index (χ4v) is 4.47. The van der Waals surface area contributed by atoms with Gasteiger partial charge in [-0.25, -0.2) is 4.98 Å². The van der Waals surface area contributed by atoms with E-state index in [-0.39, 0.29) is 11.7 Å². The Bertz CT molecular complexity index is 1180. The van der Waals surface area contributed by atoms with E-state index in [0.29, 0.717) is 10.3 Å². The number of carbonyl (C=O) groups is 1. The van der Waals surface area contributed by atoms with Gasteiger partial charge in [-0.1, -0.05) is 41.6 Å². The number of nitrogens with one attached hydrogen (secondary N) is 1. The summed E-state index contributed by atoms with van der Waals surface area (Å²) in [5.74, 6) is 1.58. The van der Waals surface area contributed by atoms with Crippen LogP contribution in [-0.2, 0) is 4.79 Å². The molecule has 0 fully saturated rings. The standard InChI is InChI=1S/C22H21N5O2S2/c1-14-4-6-16(7-5-14)19-12-30-21(23-19)24-20(28)13-31-22-26-25-15(2)27(22)17-8-10-18(29-3)11-9-17/h4-12H,13H2,1-3H3,(H,23,24,28). The Morgan fingerprint density at radius 1 is 1.10 bits per heavy atom. The summed E-state index contributed by atoms with van der Waals surface area (Å²) in [6.45, 7) is 3.93. The molecule has 2 aromatic carbocycles. The van der Waals surface area contributed by atoms with Crippen LogP contribution in [0.25, 0.3) is 16.9 Å². The molecule has 0 bridgehead atoms. The van der Waals surface area contributed by atoms with Crippen molar-refractivity contribution in [1.29, 1.82) is 0 Å². The molecule has 4 rings (SSSR count). The Morgan fingerprint density at radius 3 is 2.55 bits per heavy atom. The highest BCUT2D eigenvalue weighted by atomic mass is 32.2. The van der Waals surface area contributed by atoms with Gasteiger partial charge in [0, 0.05) is 16.6 Å². The van der Waals surface area contributed by atoms with Crippen molar-refractivity contribution in [3.63, 3.8) is 0 Å². The zero-order valence-corrected chi connectivity index (χ0v) is 19.0. The first kappa shape index (κ1) is 21.1. The number of benzene rings is 2. The van der Waals surface area contributed by atoms with Crippen LogP contribution in [0.2, 0.25) is 0 Å². The van der Waals surface area contributed by atoms with Crippen LogP contribution in [0.5, 0.6) is 5.75 Å². The molecule has 0 radical (unpaired) electrons. The molecule has 0 atom stereocenters. The summed E-state index contributed by atoms with van der Waals surface area (Å²) in [4.78, 5) is 17.0. The van der Waals surface area contributed by atoms with E-state index in [1.54, 1.807) is 7.11 Å². The number of hydrogen-bond donors (Lipinski definition) is 1. The van der Waals surface area contributed by atoms with Crippen molar-refractivity contribution in [2.45, 2.75) is 19.0 Å². The van der Waals surface area contributed by atoms with Crippen molar-refractivity contribution >= 4 is 34.1 Å². The maximum absolute atomic E-state index is 12.5. The Kier molecular flexibility index (Phi) is 6.34. The second-order valence-electron chi connectivity index (χ2n) is 6.80. The minimum absolute atomic E-state index is 0.142. The van der Waals surface area contributed by atoms with Crippen LogP contribution < -0.4 is 10.1 Å². The number of aromatic nitrogens is 4. The average Bonchev–Trinajstić information content (AvgIpc) is 3.39. The van der Waals surface area contributed by atoms with Gasteiger partial charge in [0.1, 0.15) is 11.6 Å². The molecule has 0 spiro atoms. The van der Waals surface area contributed by atoms with Gasteiger partial charge < -0.3 is 10.1 Å². The molecule has 31 heavy (non-hydrogen) atoms. The molecule has 0 saturated heterocycles. The molecule has 2 heterocycles. The van der Waals surface area contributed by atoms with Gasteiger partial charge in [0.2, 0.25) is 5.91 Å². The van der Waals surface area contributed by atoms with Gasteiger partial charge in [-0.3, -0.25) is 9.36 Å². The number of ether oxygens (including phenoxy) is 1. The highest BCUT2D eigenvalue weighted by Crippen LogP contribution is 2.26. The first-order valence-electron chi connectivity index (χ1n) is 9.55. The number of aryl methyl sites for hydroxylation is 2. The third-order valence-electron chi connectivity index (χ3n) is 4.56. The van der Waals surface area contributed by atoms with Crippen molar-refractivity contribution in [2.75, 3.05) is 18.2 Å². The number of methoxy groups -OCH3 is 1. The number of rotatable bonds is 7. The Morgan fingerprint density at radius 2 is 1.84 bits per heavy atom. The average molecular weight is 452 g/mol. The number of nitrogens with zero attached hydrogens (tertiary/aromatic N) is 4. The Balaban J connectivity index is 1.40. The SMILES string of the molecule is COc1ccc(-n2c(C)nnc2SCC(=O)Nc2nc(-c3ccc(C)cc3)cs2)cc1. The maximum Gasteiger partial charge on any atom is 0.236 e. The number of hydrogen-bond acceptors (Lipinski definition) is 7. The first-order chi connectivity index (χ1) is 15.0. The van der Waals surface area contributed by atoms with Gasteiger partial charge in [0.15, 0.2) is 10.3 Å². The van der Waals surface area contributed by atoms with Gasteiger partial charge in [0.25, 0.3) is 0 Å². The number of thiazole rings is 1. The highest BCUT2D eigenvalue weighted by molar-refractivity contribution is 7.99. The lowest BCUT2D eigenvalue weighted by Crippen LogP contribution is -2.14. The second kappa shape index (κ2) is 9.32. The zero-order chi connectivity index (χ0) is 21.8. The van der Waals surface area contributed by atoms with Crippen LogP contribution in [0.15, 0.2) is 59.1 Å². The molecule has 0 aliphatic carbocycles. The second-order valence-corrected chi connectivity index (χ2v) is 8.60. The Labute approximate surface area is 188 Å². The monoisotopic (exact) mass is 451 g/mol. The minimum atomic E-state index is -0.142. The fraction of sp³-hybridized carbons (Fsp3) is 0.182. The predicted molar refractivity (Wildman–Crippen MR) is 124 cm³/mol. The van der Waals surface area contributed by atoms with E-state index in [1.807, 2.05) is 72.3 Å². The van der Waals surface area contributed by atoms with Crippen molar-refractivity contribution < 1.29 is 9.53 Å². The van der Waals surface area contributed by atoms with E-state index in [4.69, 9.17) is 4.74 Å². The summed E-state index contributed by atoms with van der Waals surface area (Å²) in [6.07, 6.45) is 0. The molecular weight excluding hydrogens is 430 g/mol. The summed E-state index contributed by atoms with van der Waals surface area (Å²) in [6, 6.07) is 15.8. The molecule has 0 saturated carbocycles. The van der Waals surface area contributed by atoms with E-state index >= 15 is 0 Å². The maximum atomic E-state index is 12.5. The molecule has 7 nitrogen and oxygen atoms in total. The van der Waals surface area contributed by atoms with Gasteiger partial charge in [-0.15, -0.1) is 21.5 Å². The summed E-state index contributed by atoms with van der Waals surface area (Å²) in [7, 11) is 1.63. The lowest BCUT2D eigenvalue weighted by atomic mass is 10.1. The smallest absolute Gasteiger partial charge is 0.236 e. The molecule has 1 N–H and O–H groups in total. The first-order valence-corrected chi connectivity index (χ1v) is 11.4. The summed E-state index contributed by atoms with van der Waals surface area (Å²) >= 11 is 2.74. The van der Waals surface area contributed by atoms with E-state index in [0.717, 1.165) is 28.5 Å².